The molecule has 1 aliphatic heterocycles. The van der Waals surface area contributed by atoms with Gasteiger partial charge >= 0.3 is 0 Å². The van der Waals surface area contributed by atoms with Crippen LogP contribution >= 0.6 is 0 Å². The minimum absolute atomic E-state index is 0.000722. The van der Waals surface area contributed by atoms with E-state index >= 15 is 0 Å². The molecule has 138 valence electrons. The van der Waals surface area contributed by atoms with Crippen LogP contribution in [0.2, 0.25) is 0 Å². The van der Waals surface area contributed by atoms with Crippen LogP contribution in [-0.4, -0.2) is 74.1 Å². The van der Waals surface area contributed by atoms with Crippen molar-refractivity contribution in [3.8, 4) is 0 Å². The minimum atomic E-state index is -0.000722. The van der Waals surface area contributed by atoms with Crippen LogP contribution in [0.15, 0.2) is 30.3 Å². The van der Waals surface area contributed by atoms with Gasteiger partial charge in [0.25, 0.3) is 0 Å². The zero-order valence-corrected chi connectivity index (χ0v) is 15.1. The van der Waals surface area contributed by atoms with E-state index in [4.69, 9.17) is 4.74 Å². The van der Waals surface area contributed by atoms with Crippen molar-refractivity contribution < 1.29 is 14.3 Å². The maximum Gasteiger partial charge on any atom is 0.221 e. The molecule has 1 heterocycles. The highest BCUT2D eigenvalue weighted by Crippen LogP contribution is 2.03. The van der Waals surface area contributed by atoms with E-state index in [1.54, 1.807) is 11.8 Å². The zero-order chi connectivity index (χ0) is 17.9. The van der Waals surface area contributed by atoms with Crippen LogP contribution in [0.25, 0.3) is 0 Å². The van der Waals surface area contributed by atoms with Gasteiger partial charge in [-0.25, -0.2) is 0 Å². The van der Waals surface area contributed by atoms with Gasteiger partial charge in [0, 0.05) is 52.6 Å². The number of benzene rings is 1. The number of carbonyl (C=O) groups excluding carboxylic acids is 2. The summed E-state index contributed by atoms with van der Waals surface area (Å²) >= 11 is 0. The van der Waals surface area contributed by atoms with Crippen molar-refractivity contribution in [2.24, 2.45) is 0 Å². The topological polar surface area (TPSA) is 61.9 Å². The third-order valence-corrected chi connectivity index (χ3v) is 4.42. The molecule has 1 aromatic carbocycles. The van der Waals surface area contributed by atoms with Crippen LogP contribution in [0.3, 0.4) is 0 Å². The Morgan fingerprint density at radius 2 is 1.88 bits per heavy atom. The highest BCUT2D eigenvalue weighted by Gasteiger charge is 2.12. The van der Waals surface area contributed by atoms with Crippen molar-refractivity contribution in [1.29, 1.82) is 0 Å². The summed E-state index contributed by atoms with van der Waals surface area (Å²) in [7, 11) is 0. The van der Waals surface area contributed by atoms with E-state index in [2.05, 4.69) is 22.3 Å². The van der Waals surface area contributed by atoms with E-state index in [0.717, 1.165) is 39.3 Å². The zero-order valence-electron chi connectivity index (χ0n) is 15.1. The molecule has 0 unspecified atom stereocenters. The van der Waals surface area contributed by atoms with Crippen LogP contribution in [0.1, 0.15) is 18.9 Å². The van der Waals surface area contributed by atoms with E-state index in [1.165, 1.54) is 5.56 Å². The average molecular weight is 347 g/mol. The maximum absolute atomic E-state index is 12.0. The summed E-state index contributed by atoms with van der Waals surface area (Å²) in [5.41, 5.74) is 1.20. The Labute approximate surface area is 150 Å². The fourth-order valence-electron chi connectivity index (χ4n) is 2.84. The predicted molar refractivity (Wildman–Crippen MR) is 97.3 cm³/mol. The lowest BCUT2D eigenvalue weighted by Crippen LogP contribution is -2.42. The van der Waals surface area contributed by atoms with Crippen molar-refractivity contribution in [2.45, 2.75) is 19.8 Å². The first-order valence-electron chi connectivity index (χ1n) is 9.01. The normalized spacial score (nSPS) is 14.9. The van der Waals surface area contributed by atoms with Gasteiger partial charge in [-0.05, 0) is 12.0 Å². The number of amides is 2. The maximum atomic E-state index is 12.0. The van der Waals surface area contributed by atoms with Gasteiger partial charge in [0.2, 0.25) is 11.8 Å². The molecule has 1 fully saturated rings. The molecule has 1 aliphatic rings. The van der Waals surface area contributed by atoms with Crippen molar-refractivity contribution in [3.05, 3.63) is 35.9 Å². The summed E-state index contributed by atoms with van der Waals surface area (Å²) < 4.78 is 5.30. The molecule has 2 amide bonds. The number of nitrogens with zero attached hydrogens (tertiary/aromatic N) is 2. The van der Waals surface area contributed by atoms with Crippen LogP contribution < -0.4 is 5.32 Å². The third kappa shape index (κ3) is 7.67. The van der Waals surface area contributed by atoms with Gasteiger partial charge in [0.15, 0.2) is 0 Å². The Morgan fingerprint density at radius 3 is 2.56 bits per heavy atom. The Balaban J connectivity index is 1.63. The van der Waals surface area contributed by atoms with Gasteiger partial charge < -0.3 is 15.0 Å². The van der Waals surface area contributed by atoms with Crippen molar-refractivity contribution in [2.75, 3.05) is 52.5 Å². The van der Waals surface area contributed by atoms with E-state index < -0.39 is 0 Å². The lowest BCUT2D eigenvalue weighted by Gasteiger charge is -2.26. The number of hydrogen-bond acceptors (Lipinski definition) is 4. The number of ether oxygens (including phenoxy) is 1. The second-order valence-electron chi connectivity index (χ2n) is 6.30. The van der Waals surface area contributed by atoms with Gasteiger partial charge in [-0.2, -0.15) is 0 Å². The van der Waals surface area contributed by atoms with Crippen LogP contribution in [0, 0.1) is 0 Å². The molecule has 6 heteroatoms. The van der Waals surface area contributed by atoms with Gasteiger partial charge in [-0.3, -0.25) is 14.5 Å². The predicted octanol–water partition coefficient (Wildman–Crippen LogP) is 0.916. The number of nitrogens with one attached hydrogen (secondary N) is 1. The molecule has 0 aromatic heterocycles. The summed E-state index contributed by atoms with van der Waals surface area (Å²) in [6.45, 7) is 7.53. The van der Waals surface area contributed by atoms with Crippen LogP contribution in [-0.2, 0) is 20.7 Å². The average Bonchev–Trinajstić information content (AvgIpc) is 2.63. The molecule has 1 N–H and O–H groups in total. The molecule has 2 rings (SSSR count). The van der Waals surface area contributed by atoms with Gasteiger partial charge in [0.05, 0.1) is 13.2 Å². The number of morpholine rings is 1. The van der Waals surface area contributed by atoms with Crippen molar-refractivity contribution in [3.63, 3.8) is 0 Å². The van der Waals surface area contributed by atoms with Crippen molar-refractivity contribution in [1.82, 2.24) is 15.1 Å². The van der Waals surface area contributed by atoms with Gasteiger partial charge in [-0.1, -0.05) is 30.3 Å². The Bertz CT molecular complexity index is 530. The lowest BCUT2D eigenvalue weighted by molar-refractivity contribution is -0.129. The van der Waals surface area contributed by atoms with Crippen LogP contribution in [0.5, 0.6) is 0 Å². The first-order chi connectivity index (χ1) is 12.1. The summed E-state index contributed by atoms with van der Waals surface area (Å²) in [6.07, 6.45) is 1.15. The number of rotatable bonds is 9. The van der Waals surface area contributed by atoms with Crippen molar-refractivity contribution >= 4 is 11.8 Å². The summed E-state index contributed by atoms with van der Waals surface area (Å²) in [5.74, 6) is 0.0104. The summed E-state index contributed by atoms with van der Waals surface area (Å²) in [5, 5.41) is 2.94. The molecular weight excluding hydrogens is 318 g/mol. The van der Waals surface area contributed by atoms with Gasteiger partial charge in [0.1, 0.15) is 0 Å². The van der Waals surface area contributed by atoms with E-state index in [0.29, 0.717) is 26.1 Å². The molecule has 0 spiro atoms. The highest BCUT2D eigenvalue weighted by atomic mass is 16.5. The Morgan fingerprint density at radius 1 is 1.16 bits per heavy atom. The van der Waals surface area contributed by atoms with E-state index in [9.17, 15) is 9.59 Å². The Hall–Kier alpha value is -1.92. The molecular formula is C19H29N3O3. The standard InChI is InChI=1S/C19H29N3O3/c1-17(23)22(10-7-18-5-3-2-4-6-18)11-8-19(24)20-9-12-21-13-15-25-16-14-21/h2-6H,7-16H2,1H3,(H,20,24). The van der Waals surface area contributed by atoms with Gasteiger partial charge in [-0.15, -0.1) is 0 Å². The third-order valence-electron chi connectivity index (χ3n) is 4.42. The second kappa shape index (κ2) is 10.8. The highest BCUT2D eigenvalue weighted by molar-refractivity contribution is 5.78. The molecule has 1 saturated heterocycles. The first kappa shape index (κ1) is 19.4. The number of carbonyl (C=O) groups is 2. The number of hydrogen-bond donors (Lipinski definition) is 1. The fourth-order valence-corrected chi connectivity index (χ4v) is 2.84. The smallest absolute Gasteiger partial charge is 0.221 e. The molecule has 1 aromatic rings. The molecule has 25 heavy (non-hydrogen) atoms. The largest absolute Gasteiger partial charge is 0.379 e. The Kier molecular flexibility index (Phi) is 8.42. The fraction of sp³-hybridized carbons (Fsp3) is 0.579. The molecule has 0 atom stereocenters. The molecule has 0 aliphatic carbocycles. The van der Waals surface area contributed by atoms with Crippen LogP contribution in [0.4, 0.5) is 0 Å². The summed E-state index contributed by atoms with van der Waals surface area (Å²) in [6, 6.07) is 10.1. The first-order valence-corrected chi connectivity index (χ1v) is 9.01. The minimum Gasteiger partial charge on any atom is -0.379 e. The SMILES string of the molecule is CC(=O)N(CCC(=O)NCCN1CCOCC1)CCc1ccccc1. The molecule has 0 bridgehead atoms. The van der Waals surface area contributed by atoms with E-state index in [1.807, 2.05) is 18.2 Å². The lowest BCUT2D eigenvalue weighted by atomic mass is 10.1. The molecule has 6 nitrogen and oxygen atoms in total. The molecule has 0 saturated carbocycles. The summed E-state index contributed by atoms with van der Waals surface area (Å²) in [4.78, 5) is 27.8. The second-order valence-corrected chi connectivity index (χ2v) is 6.30. The van der Waals surface area contributed by atoms with E-state index in [-0.39, 0.29) is 11.8 Å². The molecule has 0 radical (unpaired) electrons. The quantitative estimate of drug-likeness (QED) is 0.721. The monoisotopic (exact) mass is 347 g/mol.